The van der Waals surface area contributed by atoms with E-state index in [9.17, 15) is 0 Å². The van der Waals surface area contributed by atoms with Crippen molar-refractivity contribution in [2.45, 2.75) is 51.5 Å². The third-order valence-electron chi connectivity index (χ3n) is 3.81. The van der Waals surface area contributed by atoms with Crippen molar-refractivity contribution in [3.63, 3.8) is 0 Å². The lowest BCUT2D eigenvalue weighted by atomic mass is 9.90. The molecule has 2 heteroatoms. The Balaban J connectivity index is 2.03. The first-order chi connectivity index (χ1) is 8.86. The van der Waals surface area contributed by atoms with Gasteiger partial charge < -0.3 is 10.1 Å². The van der Waals surface area contributed by atoms with Crippen LogP contribution >= 0.6 is 0 Å². The molecule has 0 saturated carbocycles. The minimum Gasteiger partial charge on any atom is -0.493 e. The van der Waals surface area contributed by atoms with Gasteiger partial charge in [-0.25, -0.2) is 0 Å². The zero-order valence-electron chi connectivity index (χ0n) is 11.6. The van der Waals surface area contributed by atoms with Crippen molar-refractivity contribution in [2.24, 2.45) is 0 Å². The third-order valence-corrected chi connectivity index (χ3v) is 3.81. The standard InChI is InChI=1S/C16H25NO/c1-3-5-6-10-15(17-4-2)14-12-18-16-11-8-7-9-13(14)16/h7-9,11,14-15,17H,3-6,10,12H2,1-2H3. The van der Waals surface area contributed by atoms with E-state index in [0.717, 1.165) is 18.9 Å². The van der Waals surface area contributed by atoms with E-state index in [1.165, 1.54) is 31.2 Å². The highest BCUT2D eigenvalue weighted by molar-refractivity contribution is 5.40. The predicted molar refractivity (Wildman–Crippen MR) is 76.3 cm³/mol. The largest absolute Gasteiger partial charge is 0.493 e. The summed E-state index contributed by atoms with van der Waals surface area (Å²) in [6.45, 7) is 6.32. The molecular formula is C16H25NO. The molecule has 2 rings (SSSR count). The van der Waals surface area contributed by atoms with E-state index in [1.807, 2.05) is 0 Å². The van der Waals surface area contributed by atoms with Crippen LogP contribution in [0, 0.1) is 0 Å². The van der Waals surface area contributed by atoms with Crippen molar-refractivity contribution in [3.8, 4) is 5.75 Å². The van der Waals surface area contributed by atoms with Crippen LogP contribution in [0.1, 0.15) is 51.0 Å². The molecular weight excluding hydrogens is 222 g/mol. The molecule has 1 aromatic carbocycles. The molecule has 18 heavy (non-hydrogen) atoms. The Bertz CT molecular complexity index is 364. The number of benzene rings is 1. The molecule has 2 nitrogen and oxygen atoms in total. The number of hydrogen-bond acceptors (Lipinski definition) is 2. The van der Waals surface area contributed by atoms with Crippen molar-refractivity contribution in [1.82, 2.24) is 5.32 Å². The van der Waals surface area contributed by atoms with Gasteiger partial charge >= 0.3 is 0 Å². The van der Waals surface area contributed by atoms with E-state index in [0.29, 0.717) is 12.0 Å². The van der Waals surface area contributed by atoms with Crippen LogP contribution in [0.15, 0.2) is 24.3 Å². The summed E-state index contributed by atoms with van der Waals surface area (Å²) in [5, 5.41) is 3.64. The van der Waals surface area contributed by atoms with Gasteiger partial charge in [0.15, 0.2) is 0 Å². The second kappa shape index (κ2) is 6.79. The molecule has 0 aliphatic carbocycles. The molecule has 0 amide bonds. The fourth-order valence-electron chi connectivity index (χ4n) is 2.84. The molecule has 0 bridgehead atoms. The predicted octanol–water partition coefficient (Wildman–Crippen LogP) is 3.72. The number of unbranched alkanes of at least 4 members (excludes halogenated alkanes) is 2. The van der Waals surface area contributed by atoms with Gasteiger partial charge in [0.1, 0.15) is 5.75 Å². The monoisotopic (exact) mass is 247 g/mol. The van der Waals surface area contributed by atoms with Crippen LogP contribution in [-0.2, 0) is 0 Å². The molecule has 100 valence electrons. The normalized spacial score (nSPS) is 19.3. The third kappa shape index (κ3) is 3.05. The maximum atomic E-state index is 5.80. The van der Waals surface area contributed by atoms with Gasteiger partial charge in [0.25, 0.3) is 0 Å². The van der Waals surface area contributed by atoms with Gasteiger partial charge in [-0.2, -0.15) is 0 Å². The van der Waals surface area contributed by atoms with Crippen molar-refractivity contribution in [2.75, 3.05) is 13.2 Å². The molecule has 1 heterocycles. The average Bonchev–Trinajstić information content (AvgIpc) is 2.82. The van der Waals surface area contributed by atoms with Crippen molar-refractivity contribution in [3.05, 3.63) is 29.8 Å². The fourth-order valence-corrected chi connectivity index (χ4v) is 2.84. The maximum Gasteiger partial charge on any atom is 0.122 e. The van der Waals surface area contributed by atoms with E-state index in [1.54, 1.807) is 0 Å². The number of ether oxygens (including phenoxy) is 1. The summed E-state index contributed by atoms with van der Waals surface area (Å²) in [7, 11) is 0. The smallest absolute Gasteiger partial charge is 0.122 e. The molecule has 0 aromatic heterocycles. The summed E-state index contributed by atoms with van der Waals surface area (Å²) in [5.74, 6) is 1.61. The summed E-state index contributed by atoms with van der Waals surface area (Å²) < 4.78 is 5.80. The zero-order chi connectivity index (χ0) is 12.8. The number of fused-ring (bicyclic) bond motifs is 1. The van der Waals surface area contributed by atoms with Gasteiger partial charge in [-0.05, 0) is 19.0 Å². The SMILES string of the molecule is CCCCCC(NCC)C1COc2ccccc21. The topological polar surface area (TPSA) is 21.3 Å². The second-order valence-corrected chi connectivity index (χ2v) is 5.12. The first-order valence-corrected chi connectivity index (χ1v) is 7.32. The maximum absolute atomic E-state index is 5.80. The highest BCUT2D eigenvalue weighted by atomic mass is 16.5. The van der Waals surface area contributed by atoms with E-state index < -0.39 is 0 Å². The Kier molecular flexibility index (Phi) is 5.06. The van der Waals surface area contributed by atoms with Crippen molar-refractivity contribution in [1.29, 1.82) is 0 Å². The lowest BCUT2D eigenvalue weighted by Gasteiger charge is -2.23. The first-order valence-electron chi connectivity index (χ1n) is 7.32. The summed E-state index contributed by atoms with van der Waals surface area (Å²) in [6, 6.07) is 9.04. The Labute approximate surface area is 111 Å². The van der Waals surface area contributed by atoms with Gasteiger partial charge in [0, 0.05) is 17.5 Å². The first kappa shape index (κ1) is 13.4. The van der Waals surface area contributed by atoms with E-state index in [-0.39, 0.29) is 0 Å². The average molecular weight is 247 g/mol. The van der Waals surface area contributed by atoms with E-state index in [4.69, 9.17) is 4.74 Å². The van der Waals surface area contributed by atoms with E-state index >= 15 is 0 Å². The number of para-hydroxylation sites is 1. The Morgan fingerprint density at radius 3 is 2.89 bits per heavy atom. The zero-order valence-corrected chi connectivity index (χ0v) is 11.6. The van der Waals surface area contributed by atoms with Crippen molar-refractivity contribution >= 4 is 0 Å². The van der Waals surface area contributed by atoms with Crippen LogP contribution in [0.4, 0.5) is 0 Å². The molecule has 1 aromatic rings. The molecule has 0 spiro atoms. The van der Waals surface area contributed by atoms with Gasteiger partial charge in [0.2, 0.25) is 0 Å². The van der Waals surface area contributed by atoms with Crippen LogP contribution in [0.5, 0.6) is 5.75 Å². The Hall–Kier alpha value is -1.02. The summed E-state index contributed by atoms with van der Waals surface area (Å²) in [6.07, 6.45) is 5.19. The lowest BCUT2D eigenvalue weighted by Crippen LogP contribution is -2.35. The molecule has 1 aliphatic rings. The highest BCUT2D eigenvalue weighted by Gasteiger charge is 2.30. The number of nitrogens with one attached hydrogen (secondary N) is 1. The molecule has 1 aliphatic heterocycles. The number of rotatable bonds is 7. The minimum absolute atomic E-state index is 0.526. The summed E-state index contributed by atoms with van der Waals surface area (Å²) in [4.78, 5) is 0. The molecule has 2 atom stereocenters. The Morgan fingerprint density at radius 1 is 1.28 bits per heavy atom. The fraction of sp³-hybridized carbons (Fsp3) is 0.625. The molecule has 0 fully saturated rings. The highest BCUT2D eigenvalue weighted by Crippen LogP contribution is 2.36. The second-order valence-electron chi connectivity index (χ2n) is 5.12. The summed E-state index contributed by atoms with van der Waals surface area (Å²) in [5.41, 5.74) is 1.39. The van der Waals surface area contributed by atoms with Crippen LogP contribution in [-0.4, -0.2) is 19.2 Å². The van der Waals surface area contributed by atoms with E-state index in [2.05, 4.69) is 43.4 Å². The van der Waals surface area contributed by atoms with Crippen molar-refractivity contribution < 1.29 is 4.74 Å². The molecule has 2 unspecified atom stereocenters. The van der Waals surface area contributed by atoms with Gasteiger partial charge in [-0.1, -0.05) is 51.3 Å². The van der Waals surface area contributed by atoms with Crippen LogP contribution in [0.2, 0.25) is 0 Å². The quantitative estimate of drug-likeness (QED) is 0.741. The Morgan fingerprint density at radius 2 is 2.11 bits per heavy atom. The van der Waals surface area contributed by atoms with Gasteiger partial charge in [-0.3, -0.25) is 0 Å². The lowest BCUT2D eigenvalue weighted by molar-refractivity contribution is 0.290. The van der Waals surface area contributed by atoms with Crippen LogP contribution in [0.25, 0.3) is 0 Å². The minimum atomic E-state index is 0.526. The molecule has 1 N–H and O–H groups in total. The van der Waals surface area contributed by atoms with Crippen LogP contribution < -0.4 is 10.1 Å². The molecule has 0 radical (unpaired) electrons. The number of hydrogen-bond donors (Lipinski definition) is 1. The summed E-state index contributed by atoms with van der Waals surface area (Å²) >= 11 is 0. The number of likely N-dealkylation sites (N-methyl/N-ethyl adjacent to an activating group) is 1. The van der Waals surface area contributed by atoms with Gasteiger partial charge in [0.05, 0.1) is 6.61 Å². The van der Waals surface area contributed by atoms with Crippen LogP contribution in [0.3, 0.4) is 0 Å². The van der Waals surface area contributed by atoms with Gasteiger partial charge in [-0.15, -0.1) is 0 Å². The molecule has 0 saturated heterocycles.